The molecule has 0 aliphatic carbocycles. The van der Waals surface area contributed by atoms with Crippen LogP contribution in [0.5, 0.6) is 0 Å². The zero-order valence-corrected chi connectivity index (χ0v) is 16.2. The second-order valence-corrected chi connectivity index (χ2v) is 8.33. The highest BCUT2D eigenvalue weighted by molar-refractivity contribution is 7.89. The first-order chi connectivity index (χ1) is 12.9. The van der Waals surface area contributed by atoms with Crippen LogP contribution in [-0.4, -0.2) is 50.5 Å². The molecule has 0 bridgehead atoms. The highest BCUT2D eigenvalue weighted by atomic mass is 35.5. The number of halogens is 1. The number of rotatable bonds is 6. The zero-order chi connectivity index (χ0) is 19.3. The lowest BCUT2D eigenvalue weighted by Gasteiger charge is -2.27. The van der Waals surface area contributed by atoms with Crippen LogP contribution in [0.15, 0.2) is 42.6 Å². The molecule has 1 aromatic carbocycles. The smallest absolute Gasteiger partial charge is 0.265 e. The third kappa shape index (κ3) is 5.74. The number of aromatic nitrogens is 1. The Hall–Kier alpha value is -2.00. The van der Waals surface area contributed by atoms with Gasteiger partial charge in [0.05, 0.1) is 19.0 Å². The van der Waals surface area contributed by atoms with Crippen molar-refractivity contribution in [3.05, 3.63) is 64.4 Å². The molecule has 9 heteroatoms. The maximum atomic E-state index is 12.6. The predicted molar refractivity (Wildman–Crippen MR) is 102 cm³/mol. The van der Waals surface area contributed by atoms with E-state index in [9.17, 15) is 13.2 Å². The highest BCUT2D eigenvalue weighted by Gasteiger charge is 2.20. The molecule has 1 aliphatic rings. The van der Waals surface area contributed by atoms with Crippen molar-refractivity contribution in [3.63, 3.8) is 0 Å². The number of hydrogen-bond donors (Lipinski definition) is 1. The number of carbonyl (C=O) groups excluding carboxylic acids is 1. The summed E-state index contributed by atoms with van der Waals surface area (Å²) in [7, 11) is -3.86. The van der Waals surface area contributed by atoms with Crippen LogP contribution in [0.3, 0.4) is 0 Å². The molecule has 0 spiro atoms. The summed E-state index contributed by atoms with van der Waals surface area (Å²) >= 11 is 5.70. The number of pyridine rings is 1. The average molecular weight is 410 g/mol. The first-order valence-electron chi connectivity index (χ1n) is 8.46. The number of benzene rings is 1. The summed E-state index contributed by atoms with van der Waals surface area (Å²) in [6.07, 6.45) is 1.37. The zero-order valence-electron chi connectivity index (χ0n) is 14.6. The van der Waals surface area contributed by atoms with Gasteiger partial charge in [0.1, 0.15) is 5.15 Å². The Bertz CT molecular complexity index is 897. The number of morpholine rings is 1. The molecular formula is C18H20ClN3O4S. The summed E-state index contributed by atoms with van der Waals surface area (Å²) < 4.78 is 32.2. The van der Waals surface area contributed by atoms with Gasteiger partial charge in [0.25, 0.3) is 5.91 Å². The lowest BCUT2D eigenvalue weighted by molar-refractivity contribution is 0.0341. The molecule has 1 aromatic heterocycles. The van der Waals surface area contributed by atoms with Gasteiger partial charge in [-0.15, -0.1) is 0 Å². The highest BCUT2D eigenvalue weighted by Crippen LogP contribution is 2.14. The molecule has 7 nitrogen and oxygen atoms in total. The van der Waals surface area contributed by atoms with Gasteiger partial charge in [-0.3, -0.25) is 9.69 Å². The Morgan fingerprint density at radius 1 is 1.19 bits per heavy atom. The molecule has 1 aliphatic heterocycles. The number of nitrogens with zero attached hydrogens (tertiary/aromatic N) is 2. The van der Waals surface area contributed by atoms with E-state index in [-0.39, 0.29) is 10.9 Å². The van der Waals surface area contributed by atoms with Gasteiger partial charge >= 0.3 is 0 Å². The summed E-state index contributed by atoms with van der Waals surface area (Å²) in [5.74, 6) is -0.991. The van der Waals surface area contributed by atoms with Crippen LogP contribution >= 0.6 is 11.6 Å². The van der Waals surface area contributed by atoms with E-state index in [0.717, 1.165) is 18.7 Å². The monoisotopic (exact) mass is 409 g/mol. The quantitative estimate of drug-likeness (QED) is 0.732. The molecule has 1 amide bonds. The van der Waals surface area contributed by atoms with Crippen LogP contribution < -0.4 is 4.72 Å². The second kappa shape index (κ2) is 8.79. The number of nitrogens with one attached hydrogen (secondary N) is 1. The fourth-order valence-electron chi connectivity index (χ4n) is 2.82. The van der Waals surface area contributed by atoms with Gasteiger partial charge < -0.3 is 4.74 Å². The lowest BCUT2D eigenvalue weighted by atomic mass is 10.1. The summed E-state index contributed by atoms with van der Waals surface area (Å²) in [5, 5.41) is 0.275. The van der Waals surface area contributed by atoms with Crippen molar-refractivity contribution in [2.24, 2.45) is 0 Å². The van der Waals surface area contributed by atoms with Crippen molar-refractivity contribution >= 4 is 27.5 Å². The van der Waals surface area contributed by atoms with Gasteiger partial charge in [-0.1, -0.05) is 35.9 Å². The van der Waals surface area contributed by atoms with Crippen molar-refractivity contribution in [3.8, 4) is 0 Å². The van der Waals surface area contributed by atoms with Gasteiger partial charge in [-0.05, 0) is 23.3 Å². The first-order valence-corrected chi connectivity index (χ1v) is 10.5. The molecular weight excluding hydrogens is 390 g/mol. The first kappa shape index (κ1) is 19.8. The van der Waals surface area contributed by atoms with E-state index >= 15 is 0 Å². The Labute approximate surface area is 163 Å². The number of sulfonamides is 1. The van der Waals surface area contributed by atoms with Crippen LogP contribution in [0.4, 0.5) is 0 Å². The van der Waals surface area contributed by atoms with Crippen LogP contribution in [0.25, 0.3) is 0 Å². The number of amides is 1. The standard InChI is InChI=1S/C18H20ClN3O4S/c19-17-6-5-14(11-20-17)13-27(24,25)21-18(23)16-4-2-1-3-15(16)12-22-7-9-26-10-8-22/h1-6,11H,7-10,12-13H2,(H,21,23). The Kier molecular flexibility index (Phi) is 6.43. The molecule has 2 aromatic rings. The van der Waals surface area contributed by atoms with Gasteiger partial charge in [0.15, 0.2) is 0 Å². The van der Waals surface area contributed by atoms with Gasteiger partial charge in [-0.2, -0.15) is 0 Å². The Morgan fingerprint density at radius 3 is 2.63 bits per heavy atom. The van der Waals surface area contributed by atoms with E-state index in [4.69, 9.17) is 16.3 Å². The number of carbonyl (C=O) groups is 1. The largest absolute Gasteiger partial charge is 0.379 e. The number of ether oxygens (including phenoxy) is 1. The van der Waals surface area contributed by atoms with Crippen LogP contribution in [0.2, 0.25) is 5.15 Å². The summed E-state index contributed by atoms with van der Waals surface area (Å²) in [4.78, 5) is 18.6. The van der Waals surface area contributed by atoms with Crippen LogP contribution in [0.1, 0.15) is 21.5 Å². The second-order valence-electron chi connectivity index (χ2n) is 6.23. The molecule has 0 atom stereocenters. The van der Waals surface area contributed by atoms with Crippen molar-refractivity contribution in [1.29, 1.82) is 0 Å². The summed E-state index contributed by atoms with van der Waals surface area (Å²) in [6.45, 7) is 3.42. The minimum absolute atomic E-state index is 0.275. The maximum absolute atomic E-state index is 12.6. The summed E-state index contributed by atoms with van der Waals surface area (Å²) in [5.41, 5.74) is 1.57. The van der Waals surface area contributed by atoms with Crippen LogP contribution in [-0.2, 0) is 27.1 Å². The fourth-order valence-corrected chi connectivity index (χ4v) is 4.01. The topological polar surface area (TPSA) is 88.6 Å². The molecule has 1 N–H and O–H groups in total. The Balaban J connectivity index is 1.70. The van der Waals surface area contributed by atoms with E-state index in [2.05, 4.69) is 14.6 Å². The minimum atomic E-state index is -3.86. The molecule has 0 radical (unpaired) electrons. The third-order valence-corrected chi connectivity index (χ3v) is 5.59. The van der Waals surface area contributed by atoms with Gasteiger partial charge in [0, 0.05) is 31.4 Å². The van der Waals surface area contributed by atoms with Crippen LogP contribution in [0, 0.1) is 0 Å². The predicted octanol–water partition coefficient (Wildman–Crippen LogP) is 1.83. The van der Waals surface area contributed by atoms with Crippen molar-refractivity contribution < 1.29 is 17.9 Å². The fraction of sp³-hybridized carbons (Fsp3) is 0.333. The average Bonchev–Trinajstić information content (AvgIpc) is 2.64. The molecule has 1 saturated heterocycles. The Morgan fingerprint density at radius 2 is 1.93 bits per heavy atom. The normalized spacial score (nSPS) is 15.4. The third-order valence-electron chi connectivity index (χ3n) is 4.15. The van der Waals surface area contributed by atoms with E-state index in [1.54, 1.807) is 18.2 Å². The minimum Gasteiger partial charge on any atom is -0.379 e. The number of hydrogen-bond acceptors (Lipinski definition) is 6. The molecule has 144 valence electrons. The van der Waals surface area contributed by atoms with E-state index in [1.165, 1.54) is 12.3 Å². The molecule has 2 heterocycles. The SMILES string of the molecule is O=C(NS(=O)(=O)Cc1ccc(Cl)nc1)c1ccccc1CN1CCOCC1. The van der Waals surface area contributed by atoms with Gasteiger partial charge in [-0.25, -0.2) is 18.1 Å². The van der Waals surface area contributed by atoms with Crippen molar-refractivity contribution in [2.45, 2.75) is 12.3 Å². The van der Waals surface area contributed by atoms with E-state index < -0.39 is 15.9 Å². The molecule has 0 saturated carbocycles. The molecule has 27 heavy (non-hydrogen) atoms. The van der Waals surface area contributed by atoms with E-state index in [0.29, 0.717) is 30.9 Å². The molecule has 0 unspecified atom stereocenters. The van der Waals surface area contributed by atoms with E-state index in [1.807, 2.05) is 12.1 Å². The lowest BCUT2D eigenvalue weighted by Crippen LogP contribution is -2.37. The summed E-state index contributed by atoms with van der Waals surface area (Å²) in [6, 6.07) is 10.1. The van der Waals surface area contributed by atoms with Crippen molar-refractivity contribution in [1.82, 2.24) is 14.6 Å². The molecule has 1 fully saturated rings. The molecule has 3 rings (SSSR count). The van der Waals surface area contributed by atoms with Gasteiger partial charge in [0.2, 0.25) is 10.0 Å². The van der Waals surface area contributed by atoms with Crippen molar-refractivity contribution in [2.75, 3.05) is 26.3 Å². The maximum Gasteiger partial charge on any atom is 0.265 e.